The molecule has 6 nitrogen and oxygen atoms in total. The SMILES string of the molecule is Cn1ccnc1-c1c(-c2ccc(F)cc2F)ncn1CCCNc1cccnc1. The van der Waals surface area contributed by atoms with Gasteiger partial charge in [0.25, 0.3) is 0 Å². The molecule has 3 heterocycles. The van der Waals surface area contributed by atoms with Crippen molar-refractivity contribution >= 4 is 5.69 Å². The number of benzene rings is 1. The normalized spacial score (nSPS) is 11.0. The summed E-state index contributed by atoms with van der Waals surface area (Å²) in [6.45, 7) is 1.40. The highest BCUT2D eigenvalue weighted by Crippen LogP contribution is 2.32. The van der Waals surface area contributed by atoms with Gasteiger partial charge in [0.05, 0.1) is 12.0 Å². The molecule has 0 amide bonds. The zero-order chi connectivity index (χ0) is 20.2. The van der Waals surface area contributed by atoms with Crippen molar-refractivity contribution in [3.63, 3.8) is 0 Å². The lowest BCUT2D eigenvalue weighted by molar-refractivity contribution is 0.585. The average molecular weight is 394 g/mol. The van der Waals surface area contributed by atoms with Crippen LogP contribution in [0.1, 0.15) is 6.42 Å². The van der Waals surface area contributed by atoms with E-state index < -0.39 is 11.6 Å². The third-order valence-corrected chi connectivity index (χ3v) is 4.62. The Kier molecular flexibility index (Phi) is 5.33. The van der Waals surface area contributed by atoms with Gasteiger partial charge in [0.15, 0.2) is 5.82 Å². The number of nitrogens with zero attached hydrogens (tertiary/aromatic N) is 5. The van der Waals surface area contributed by atoms with E-state index in [1.165, 1.54) is 12.1 Å². The van der Waals surface area contributed by atoms with E-state index in [2.05, 4.69) is 20.3 Å². The zero-order valence-electron chi connectivity index (χ0n) is 15.9. The molecule has 1 N–H and O–H groups in total. The van der Waals surface area contributed by atoms with Crippen LogP contribution in [0, 0.1) is 11.6 Å². The molecular formula is C21H20F2N6. The summed E-state index contributed by atoms with van der Waals surface area (Å²) in [4.78, 5) is 12.9. The van der Waals surface area contributed by atoms with Crippen LogP contribution in [0.3, 0.4) is 0 Å². The Balaban J connectivity index is 1.60. The van der Waals surface area contributed by atoms with E-state index in [-0.39, 0.29) is 5.56 Å². The molecule has 4 rings (SSSR count). The maximum Gasteiger partial charge on any atom is 0.158 e. The van der Waals surface area contributed by atoms with Gasteiger partial charge in [0, 0.05) is 56.6 Å². The van der Waals surface area contributed by atoms with Crippen LogP contribution in [0.4, 0.5) is 14.5 Å². The number of halogens is 2. The van der Waals surface area contributed by atoms with Crippen LogP contribution in [0.15, 0.2) is 61.4 Å². The molecule has 0 spiro atoms. The molecule has 29 heavy (non-hydrogen) atoms. The second kappa shape index (κ2) is 8.22. The van der Waals surface area contributed by atoms with Crippen molar-refractivity contribution in [2.45, 2.75) is 13.0 Å². The van der Waals surface area contributed by atoms with Crippen molar-refractivity contribution in [1.82, 2.24) is 24.1 Å². The van der Waals surface area contributed by atoms with Crippen LogP contribution in [-0.2, 0) is 13.6 Å². The zero-order valence-corrected chi connectivity index (χ0v) is 15.9. The van der Waals surface area contributed by atoms with E-state index >= 15 is 0 Å². The minimum Gasteiger partial charge on any atom is -0.384 e. The Bertz CT molecular complexity index is 1100. The number of aryl methyl sites for hydroxylation is 2. The fourth-order valence-corrected chi connectivity index (χ4v) is 3.21. The Morgan fingerprint density at radius 1 is 1.10 bits per heavy atom. The number of anilines is 1. The summed E-state index contributed by atoms with van der Waals surface area (Å²) in [6.07, 6.45) is 9.49. The second-order valence-electron chi connectivity index (χ2n) is 6.64. The molecule has 0 aliphatic carbocycles. The molecule has 3 aromatic heterocycles. The molecule has 0 saturated heterocycles. The predicted octanol–water partition coefficient (Wildman–Crippen LogP) is 4.13. The first-order chi connectivity index (χ1) is 14.1. The van der Waals surface area contributed by atoms with Gasteiger partial charge in [-0.1, -0.05) is 0 Å². The molecule has 0 atom stereocenters. The Labute approximate surface area is 166 Å². The fourth-order valence-electron chi connectivity index (χ4n) is 3.21. The molecule has 0 aliphatic rings. The van der Waals surface area contributed by atoms with Crippen molar-refractivity contribution in [3.8, 4) is 22.8 Å². The Hall–Kier alpha value is -3.55. The molecule has 4 aromatic rings. The minimum atomic E-state index is -0.649. The largest absolute Gasteiger partial charge is 0.384 e. The molecule has 0 bridgehead atoms. The van der Waals surface area contributed by atoms with E-state index in [9.17, 15) is 8.78 Å². The van der Waals surface area contributed by atoms with Gasteiger partial charge in [-0.25, -0.2) is 18.7 Å². The first-order valence-electron chi connectivity index (χ1n) is 9.25. The number of nitrogens with one attached hydrogen (secondary N) is 1. The Morgan fingerprint density at radius 2 is 2.00 bits per heavy atom. The number of aromatic nitrogens is 5. The highest BCUT2D eigenvalue weighted by molar-refractivity contribution is 5.76. The van der Waals surface area contributed by atoms with Crippen LogP contribution in [0.25, 0.3) is 22.8 Å². The third kappa shape index (κ3) is 4.01. The summed E-state index contributed by atoms with van der Waals surface area (Å²) in [5.74, 6) is -0.601. The lowest BCUT2D eigenvalue weighted by Crippen LogP contribution is -2.08. The van der Waals surface area contributed by atoms with Crippen LogP contribution < -0.4 is 5.32 Å². The summed E-state index contributed by atoms with van der Waals surface area (Å²) in [5, 5.41) is 3.32. The van der Waals surface area contributed by atoms with Gasteiger partial charge < -0.3 is 14.5 Å². The number of imidazole rings is 2. The van der Waals surface area contributed by atoms with Crippen molar-refractivity contribution in [1.29, 1.82) is 0 Å². The second-order valence-corrected chi connectivity index (χ2v) is 6.64. The van der Waals surface area contributed by atoms with Gasteiger partial charge in [-0.3, -0.25) is 4.98 Å². The minimum absolute atomic E-state index is 0.247. The quantitative estimate of drug-likeness (QED) is 0.479. The molecular weight excluding hydrogens is 374 g/mol. The molecule has 0 aliphatic heterocycles. The van der Waals surface area contributed by atoms with E-state index in [0.717, 1.165) is 24.7 Å². The Morgan fingerprint density at radius 3 is 2.72 bits per heavy atom. The molecule has 0 saturated carbocycles. The molecule has 148 valence electrons. The van der Waals surface area contributed by atoms with E-state index in [0.29, 0.717) is 23.8 Å². The van der Waals surface area contributed by atoms with E-state index in [4.69, 9.17) is 0 Å². The number of hydrogen-bond acceptors (Lipinski definition) is 4. The summed E-state index contributed by atoms with van der Waals surface area (Å²) < 4.78 is 31.6. The average Bonchev–Trinajstić information content (AvgIpc) is 3.32. The monoisotopic (exact) mass is 394 g/mol. The van der Waals surface area contributed by atoms with Crippen molar-refractivity contribution in [2.75, 3.05) is 11.9 Å². The van der Waals surface area contributed by atoms with E-state index in [1.54, 1.807) is 24.9 Å². The van der Waals surface area contributed by atoms with Gasteiger partial charge >= 0.3 is 0 Å². The van der Waals surface area contributed by atoms with E-state index in [1.807, 2.05) is 34.5 Å². The highest BCUT2D eigenvalue weighted by Gasteiger charge is 2.20. The first kappa shape index (κ1) is 18.8. The van der Waals surface area contributed by atoms with Crippen molar-refractivity contribution < 1.29 is 8.78 Å². The van der Waals surface area contributed by atoms with Crippen molar-refractivity contribution in [2.24, 2.45) is 7.05 Å². The lowest BCUT2D eigenvalue weighted by atomic mass is 10.1. The molecule has 8 heteroatoms. The maximum absolute atomic E-state index is 14.4. The molecule has 0 unspecified atom stereocenters. The summed E-state index contributed by atoms with van der Waals surface area (Å²) in [5.41, 5.74) is 2.34. The van der Waals surface area contributed by atoms with Gasteiger partial charge in [-0.05, 0) is 30.7 Å². The number of hydrogen-bond donors (Lipinski definition) is 1. The molecule has 0 fully saturated rings. The number of rotatable bonds is 7. The lowest BCUT2D eigenvalue weighted by Gasteiger charge is -2.11. The highest BCUT2D eigenvalue weighted by atomic mass is 19.1. The summed E-state index contributed by atoms with van der Waals surface area (Å²) in [6, 6.07) is 7.35. The number of pyridine rings is 1. The van der Waals surface area contributed by atoms with Gasteiger partial charge in [-0.15, -0.1) is 0 Å². The topological polar surface area (TPSA) is 60.6 Å². The van der Waals surface area contributed by atoms with Gasteiger partial charge in [-0.2, -0.15) is 0 Å². The smallest absolute Gasteiger partial charge is 0.158 e. The third-order valence-electron chi connectivity index (χ3n) is 4.62. The summed E-state index contributed by atoms with van der Waals surface area (Å²) >= 11 is 0. The van der Waals surface area contributed by atoms with Crippen LogP contribution in [0.2, 0.25) is 0 Å². The van der Waals surface area contributed by atoms with Crippen molar-refractivity contribution in [3.05, 3.63) is 73.1 Å². The van der Waals surface area contributed by atoms with Gasteiger partial charge in [0.1, 0.15) is 23.0 Å². The fraction of sp³-hybridized carbons (Fsp3) is 0.190. The molecule has 1 aromatic carbocycles. The standard InChI is InChI=1S/C21H20F2N6/c1-28-11-9-26-21(28)20-19(17-6-5-15(22)12-18(17)23)27-14-29(20)10-3-8-25-16-4-2-7-24-13-16/h2,4-7,9,11-14,25H,3,8,10H2,1H3. The van der Waals surface area contributed by atoms with Gasteiger partial charge in [0.2, 0.25) is 0 Å². The molecule has 0 radical (unpaired) electrons. The first-order valence-corrected chi connectivity index (χ1v) is 9.25. The van der Waals surface area contributed by atoms with Crippen LogP contribution in [0.5, 0.6) is 0 Å². The predicted molar refractivity (Wildman–Crippen MR) is 107 cm³/mol. The van der Waals surface area contributed by atoms with Crippen LogP contribution in [-0.4, -0.2) is 30.6 Å². The summed E-state index contributed by atoms with van der Waals surface area (Å²) in [7, 11) is 1.87. The van der Waals surface area contributed by atoms with Crippen LogP contribution >= 0.6 is 0 Å². The maximum atomic E-state index is 14.4.